The molecule has 8 heteroatoms. The lowest BCUT2D eigenvalue weighted by Gasteiger charge is -2.19. The first-order valence-corrected chi connectivity index (χ1v) is 10.1. The Kier molecular flexibility index (Phi) is 6.07. The van der Waals surface area contributed by atoms with Crippen molar-refractivity contribution in [2.24, 2.45) is 0 Å². The summed E-state index contributed by atoms with van der Waals surface area (Å²) < 4.78 is 19.6. The van der Waals surface area contributed by atoms with Crippen molar-refractivity contribution in [1.29, 1.82) is 0 Å². The molecular weight excluding hydrogens is 383 g/mol. The van der Waals surface area contributed by atoms with E-state index in [1.165, 1.54) is 12.1 Å². The number of nitrogens with zero attached hydrogens (tertiary/aromatic N) is 2. The van der Waals surface area contributed by atoms with Crippen LogP contribution in [0.2, 0.25) is 0 Å². The molecule has 2 saturated heterocycles. The molecule has 1 aromatic carbocycles. The minimum atomic E-state index is -0.643. The molecule has 2 aliphatic heterocycles. The molecule has 0 radical (unpaired) electrons. The molecule has 0 spiro atoms. The van der Waals surface area contributed by atoms with Gasteiger partial charge in [-0.3, -0.25) is 19.3 Å². The molecule has 2 heterocycles. The van der Waals surface area contributed by atoms with E-state index in [0.29, 0.717) is 11.3 Å². The van der Waals surface area contributed by atoms with Gasteiger partial charge >= 0.3 is 5.97 Å². The molecule has 28 heavy (non-hydrogen) atoms. The van der Waals surface area contributed by atoms with Crippen LogP contribution >= 0.6 is 11.8 Å². The first-order chi connectivity index (χ1) is 13.3. The zero-order valence-electron chi connectivity index (χ0n) is 16.2. The average molecular weight is 406 g/mol. The van der Waals surface area contributed by atoms with Crippen molar-refractivity contribution in [2.75, 3.05) is 24.5 Å². The maximum atomic E-state index is 14.6. The molecule has 0 N–H and O–H groups in total. The second-order valence-electron chi connectivity index (χ2n) is 7.16. The van der Waals surface area contributed by atoms with Gasteiger partial charge in [-0.25, -0.2) is 4.39 Å². The van der Waals surface area contributed by atoms with E-state index in [4.69, 9.17) is 4.74 Å². The number of carbonyl (C=O) groups is 3. The van der Waals surface area contributed by atoms with Crippen molar-refractivity contribution < 1.29 is 23.5 Å². The number of imide groups is 1. The smallest absolute Gasteiger partial charge is 0.326 e. The number of esters is 1. The summed E-state index contributed by atoms with van der Waals surface area (Å²) in [6, 6.07) is 3.17. The van der Waals surface area contributed by atoms with E-state index >= 15 is 0 Å². The van der Waals surface area contributed by atoms with Gasteiger partial charge in [0.1, 0.15) is 12.4 Å². The molecule has 0 bridgehead atoms. The molecule has 3 rings (SSSR count). The maximum Gasteiger partial charge on any atom is 0.326 e. The number of anilines is 1. The Balaban J connectivity index is 1.80. The van der Waals surface area contributed by atoms with E-state index < -0.39 is 23.7 Å². The quantitative estimate of drug-likeness (QED) is 0.548. The first-order valence-electron chi connectivity index (χ1n) is 9.26. The summed E-state index contributed by atoms with van der Waals surface area (Å²) in [4.78, 5) is 39.5. The van der Waals surface area contributed by atoms with E-state index in [-0.39, 0.29) is 16.8 Å². The molecule has 150 valence electrons. The molecule has 0 aliphatic carbocycles. The molecular formula is C20H23FN2O4S. The highest BCUT2D eigenvalue weighted by Gasteiger charge is 2.37. The predicted octanol–water partition coefficient (Wildman–Crippen LogP) is 3.72. The summed E-state index contributed by atoms with van der Waals surface area (Å²) >= 11 is 0.739. The Bertz CT molecular complexity index is 847. The standard InChI is InChI=1S/C20H23FN2O4S/c1-12(2)27-18(24)11-23-19(25)17(28-20(23)26)10-14-9-15(21)16(8-13(14)3)22-6-4-5-7-22/h8-10,12H,4-7,11H2,1-3H3/b17-10+. The number of rotatable bonds is 5. The van der Waals surface area contributed by atoms with Gasteiger partial charge in [0.05, 0.1) is 16.7 Å². The van der Waals surface area contributed by atoms with E-state index in [9.17, 15) is 18.8 Å². The fourth-order valence-corrected chi connectivity index (χ4v) is 4.07. The number of halogens is 1. The zero-order chi connectivity index (χ0) is 20.4. The lowest BCUT2D eigenvalue weighted by atomic mass is 10.1. The van der Waals surface area contributed by atoms with Gasteiger partial charge in [0.25, 0.3) is 11.1 Å². The second-order valence-corrected chi connectivity index (χ2v) is 8.15. The van der Waals surface area contributed by atoms with E-state index in [1.807, 2.05) is 11.8 Å². The van der Waals surface area contributed by atoms with Crippen LogP contribution in [0.15, 0.2) is 17.0 Å². The van der Waals surface area contributed by atoms with Crippen molar-refractivity contribution in [3.8, 4) is 0 Å². The van der Waals surface area contributed by atoms with Gasteiger partial charge in [0.15, 0.2) is 0 Å². The second kappa shape index (κ2) is 8.34. The molecule has 2 fully saturated rings. The summed E-state index contributed by atoms with van der Waals surface area (Å²) in [5, 5.41) is -0.538. The number of carbonyl (C=O) groups excluding carboxylic acids is 3. The summed E-state index contributed by atoms with van der Waals surface area (Å²) in [5.41, 5.74) is 1.92. The number of aryl methyl sites for hydroxylation is 1. The average Bonchev–Trinajstić information content (AvgIpc) is 3.22. The van der Waals surface area contributed by atoms with Gasteiger partial charge in [-0.05, 0) is 74.7 Å². The lowest BCUT2D eigenvalue weighted by molar-refractivity contribution is -0.149. The molecule has 0 aromatic heterocycles. The third-order valence-corrected chi connectivity index (χ3v) is 5.50. The van der Waals surface area contributed by atoms with Gasteiger partial charge < -0.3 is 9.64 Å². The third kappa shape index (κ3) is 4.38. The third-order valence-electron chi connectivity index (χ3n) is 4.60. The maximum absolute atomic E-state index is 14.6. The number of hydrogen-bond donors (Lipinski definition) is 0. The summed E-state index contributed by atoms with van der Waals surface area (Å²) in [6.45, 7) is 6.46. The van der Waals surface area contributed by atoms with Crippen LogP contribution in [0.1, 0.15) is 37.8 Å². The van der Waals surface area contributed by atoms with Gasteiger partial charge in [-0.1, -0.05) is 0 Å². The minimum absolute atomic E-state index is 0.166. The lowest BCUT2D eigenvalue weighted by Crippen LogP contribution is -2.35. The predicted molar refractivity (Wildman–Crippen MR) is 106 cm³/mol. The number of hydrogen-bond acceptors (Lipinski definition) is 6. The first kappa shape index (κ1) is 20.4. The summed E-state index contributed by atoms with van der Waals surface area (Å²) in [5.74, 6) is -1.56. The number of ether oxygens (including phenoxy) is 1. The highest BCUT2D eigenvalue weighted by atomic mass is 32.2. The van der Waals surface area contributed by atoms with E-state index in [1.54, 1.807) is 19.9 Å². The normalized spacial score (nSPS) is 18.7. The number of amides is 2. The van der Waals surface area contributed by atoms with Crippen LogP contribution in [0.3, 0.4) is 0 Å². The largest absolute Gasteiger partial charge is 0.462 e. The fraction of sp³-hybridized carbons (Fsp3) is 0.450. The van der Waals surface area contributed by atoms with E-state index in [2.05, 4.69) is 0 Å². The number of thioether (sulfide) groups is 1. The Morgan fingerprint density at radius 2 is 1.96 bits per heavy atom. The highest BCUT2D eigenvalue weighted by molar-refractivity contribution is 8.18. The van der Waals surface area contributed by atoms with Crippen LogP contribution in [0.5, 0.6) is 0 Å². The van der Waals surface area contributed by atoms with Crippen LogP contribution in [-0.4, -0.2) is 47.8 Å². The van der Waals surface area contributed by atoms with Crippen LogP contribution in [0, 0.1) is 12.7 Å². The number of benzene rings is 1. The van der Waals surface area contributed by atoms with Crippen molar-refractivity contribution in [3.63, 3.8) is 0 Å². The summed E-state index contributed by atoms with van der Waals surface area (Å²) in [7, 11) is 0. The molecule has 6 nitrogen and oxygen atoms in total. The van der Waals surface area contributed by atoms with Crippen LogP contribution in [0.25, 0.3) is 6.08 Å². The fourth-order valence-electron chi connectivity index (χ4n) is 3.24. The Morgan fingerprint density at radius 1 is 1.29 bits per heavy atom. The molecule has 2 amide bonds. The Morgan fingerprint density at radius 3 is 2.61 bits per heavy atom. The van der Waals surface area contributed by atoms with Crippen molar-refractivity contribution in [3.05, 3.63) is 34.0 Å². The Hall–Kier alpha value is -2.35. The highest BCUT2D eigenvalue weighted by Crippen LogP contribution is 2.34. The van der Waals surface area contributed by atoms with E-state index in [0.717, 1.165) is 48.2 Å². The Labute approximate surface area is 167 Å². The molecule has 0 saturated carbocycles. The molecule has 0 unspecified atom stereocenters. The summed E-state index contributed by atoms with van der Waals surface area (Å²) in [6.07, 6.45) is 3.27. The molecule has 2 aliphatic rings. The van der Waals surface area contributed by atoms with Gasteiger partial charge in [0.2, 0.25) is 0 Å². The van der Waals surface area contributed by atoms with Crippen molar-refractivity contribution >= 4 is 40.6 Å². The van der Waals surface area contributed by atoms with Crippen molar-refractivity contribution in [1.82, 2.24) is 4.90 Å². The van der Waals surface area contributed by atoms with Crippen LogP contribution in [0.4, 0.5) is 14.9 Å². The van der Waals surface area contributed by atoms with Gasteiger partial charge in [0, 0.05) is 13.1 Å². The van der Waals surface area contributed by atoms with Crippen molar-refractivity contribution in [2.45, 2.75) is 39.7 Å². The zero-order valence-corrected chi connectivity index (χ0v) is 17.0. The monoisotopic (exact) mass is 406 g/mol. The topological polar surface area (TPSA) is 66.9 Å². The molecule has 0 atom stereocenters. The molecule has 1 aromatic rings. The van der Waals surface area contributed by atoms with Gasteiger partial charge in [-0.2, -0.15) is 0 Å². The van der Waals surface area contributed by atoms with Gasteiger partial charge in [-0.15, -0.1) is 0 Å². The van der Waals surface area contributed by atoms with Crippen LogP contribution in [-0.2, 0) is 14.3 Å². The van der Waals surface area contributed by atoms with Crippen LogP contribution < -0.4 is 4.90 Å². The SMILES string of the molecule is Cc1cc(N2CCCC2)c(F)cc1/C=C1/SC(=O)N(CC(=O)OC(C)C)C1=O. The minimum Gasteiger partial charge on any atom is -0.462 e.